The molecule has 1 saturated heterocycles. The number of fused-ring (bicyclic) bond motifs is 1. The summed E-state index contributed by atoms with van der Waals surface area (Å²) in [6, 6.07) is 24.2. The molecule has 7 heteroatoms. The number of methoxy groups -OCH3 is 1. The number of halogens is 1. The number of aryl methyl sites for hydroxylation is 2. The standard InChI is InChI=1S/C30H25BrN2O3S/c1-18-12-24(13-19(2)28(18)31)32-30-33-29(34)27(37-30)16-20-9-11-25(26(15-20)35-3)36-17-21-8-10-22-6-4-5-7-23(22)14-21/h4-16H,17H2,1-3H3,(H,32,33,34)/b27-16-. The number of nitrogens with zero attached hydrogens (tertiary/aromatic N) is 1. The summed E-state index contributed by atoms with van der Waals surface area (Å²) in [5, 5.41) is 5.79. The predicted molar refractivity (Wildman–Crippen MR) is 156 cm³/mol. The Hall–Kier alpha value is -3.55. The fraction of sp³-hybridized carbons (Fsp3) is 0.133. The Kier molecular flexibility index (Phi) is 7.35. The highest BCUT2D eigenvalue weighted by Crippen LogP contribution is 2.34. The number of carbonyl (C=O) groups excluding carboxylic acids is 1. The summed E-state index contributed by atoms with van der Waals surface area (Å²) in [6.45, 7) is 4.47. The number of benzene rings is 4. The number of amidine groups is 1. The Bertz CT molecular complexity index is 1560. The van der Waals surface area contributed by atoms with Crippen molar-refractivity contribution in [3.05, 3.63) is 104 Å². The summed E-state index contributed by atoms with van der Waals surface area (Å²) in [6.07, 6.45) is 1.83. The molecule has 0 spiro atoms. The van der Waals surface area contributed by atoms with Crippen LogP contribution < -0.4 is 14.8 Å². The molecule has 4 aromatic carbocycles. The molecule has 0 aromatic heterocycles. The molecule has 0 atom stereocenters. The van der Waals surface area contributed by atoms with Crippen LogP contribution in [0.3, 0.4) is 0 Å². The average molecular weight is 574 g/mol. The van der Waals surface area contributed by atoms with Crippen LogP contribution in [0.15, 0.2) is 87.2 Å². The molecular weight excluding hydrogens is 548 g/mol. The molecule has 1 heterocycles. The molecule has 1 N–H and O–H groups in total. The highest BCUT2D eigenvalue weighted by Gasteiger charge is 2.24. The van der Waals surface area contributed by atoms with Crippen LogP contribution in [0.1, 0.15) is 22.3 Å². The van der Waals surface area contributed by atoms with Crippen molar-refractivity contribution in [2.24, 2.45) is 4.99 Å². The molecule has 0 unspecified atom stereocenters. The van der Waals surface area contributed by atoms with E-state index in [-0.39, 0.29) is 5.91 Å². The highest BCUT2D eigenvalue weighted by molar-refractivity contribution is 9.10. The number of ether oxygens (including phenoxy) is 2. The van der Waals surface area contributed by atoms with Gasteiger partial charge in [0.25, 0.3) is 5.91 Å². The van der Waals surface area contributed by atoms with Crippen molar-refractivity contribution in [1.29, 1.82) is 0 Å². The van der Waals surface area contributed by atoms with Crippen LogP contribution in [-0.4, -0.2) is 18.2 Å². The van der Waals surface area contributed by atoms with Gasteiger partial charge >= 0.3 is 0 Å². The molecule has 1 amide bonds. The van der Waals surface area contributed by atoms with Crippen LogP contribution in [0, 0.1) is 13.8 Å². The smallest absolute Gasteiger partial charge is 0.264 e. The largest absolute Gasteiger partial charge is 0.493 e. The van der Waals surface area contributed by atoms with Crippen LogP contribution in [0.4, 0.5) is 5.69 Å². The molecule has 0 bridgehead atoms. The Morgan fingerprint density at radius 3 is 2.46 bits per heavy atom. The fourth-order valence-corrected chi connectivity index (χ4v) is 5.19. The number of rotatable bonds is 6. The number of nitrogens with one attached hydrogen (secondary N) is 1. The number of aliphatic imine (C=N–C) groups is 1. The summed E-state index contributed by atoms with van der Waals surface area (Å²) in [4.78, 5) is 17.8. The zero-order valence-electron chi connectivity index (χ0n) is 20.7. The maximum Gasteiger partial charge on any atom is 0.264 e. The zero-order valence-corrected chi connectivity index (χ0v) is 23.1. The number of hydrogen-bond donors (Lipinski definition) is 1. The molecule has 1 aliphatic heterocycles. The van der Waals surface area contributed by atoms with Crippen LogP contribution in [0.2, 0.25) is 0 Å². The van der Waals surface area contributed by atoms with Gasteiger partial charge in [0.05, 0.1) is 17.7 Å². The fourth-order valence-electron chi connectivity index (χ4n) is 4.12. The van der Waals surface area contributed by atoms with Crippen molar-refractivity contribution >= 4 is 61.3 Å². The lowest BCUT2D eigenvalue weighted by Crippen LogP contribution is -2.19. The van der Waals surface area contributed by atoms with Gasteiger partial charge in [-0.25, -0.2) is 4.99 Å². The molecule has 0 saturated carbocycles. The van der Waals surface area contributed by atoms with E-state index in [4.69, 9.17) is 9.47 Å². The lowest BCUT2D eigenvalue weighted by Gasteiger charge is -2.12. The minimum atomic E-state index is -0.176. The first-order valence-corrected chi connectivity index (χ1v) is 13.4. The van der Waals surface area contributed by atoms with E-state index in [1.807, 2.05) is 62.4 Å². The van der Waals surface area contributed by atoms with Crippen molar-refractivity contribution in [2.45, 2.75) is 20.5 Å². The Morgan fingerprint density at radius 2 is 1.70 bits per heavy atom. The second-order valence-corrected chi connectivity index (χ2v) is 10.6. The van der Waals surface area contributed by atoms with E-state index in [1.54, 1.807) is 7.11 Å². The van der Waals surface area contributed by atoms with Crippen molar-refractivity contribution < 1.29 is 14.3 Å². The van der Waals surface area contributed by atoms with Crippen LogP contribution in [0.5, 0.6) is 11.5 Å². The van der Waals surface area contributed by atoms with E-state index >= 15 is 0 Å². The first kappa shape index (κ1) is 25.1. The average Bonchev–Trinajstić information content (AvgIpc) is 3.24. The highest BCUT2D eigenvalue weighted by atomic mass is 79.9. The third kappa shape index (κ3) is 5.73. The summed E-state index contributed by atoms with van der Waals surface area (Å²) < 4.78 is 12.7. The molecule has 1 aliphatic rings. The van der Waals surface area contributed by atoms with E-state index in [2.05, 4.69) is 56.6 Å². The summed E-state index contributed by atoms with van der Waals surface area (Å²) in [5.41, 5.74) is 4.91. The third-order valence-electron chi connectivity index (χ3n) is 6.00. The number of hydrogen-bond acceptors (Lipinski definition) is 5. The van der Waals surface area contributed by atoms with Crippen molar-refractivity contribution in [1.82, 2.24) is 5.32 Å². The SMILES string of the molecule is COc1cc(/C=C2\SC(=Nc3cc(C)c(Br)c(C)c3)NC2=O)ccc1OCc1ccc2ccccc2c1. The van der Waals surface area contributed by atoms with Gasteiger partial charge in [0.2, 0.25) is 0 Å². The predicted octanol–water partition coefficient (Wildman–Crippen LogP) is 7.70. The van der Waals surface area contributed by atoms with Crippen LogP contribution in [-0.2, 0) is 11.4 Å². The summed E-state index contributed by atoms with van der Waals surface area (Å²) in [5.74, 6) is 1.07. The minimum absolute atomic E-state index is 0.176. The van der Waals surface area contributed by atoms with E-state index in [1.165, 1.54) is 22.5 Å². The molecule has 4 aromatic rings. The van der Waals surface area contributed by atoms with Crippen LogP contribution in [0.25, 0.3) is 16.8 Å². The quantitative estimate of drug-likeness (QED) is 0.240. The Labute approximate surface area is 228 Å². The van der Waals surface area contributed by atoms with Crippen LogP contribution >= 0.6 is 27.7 Å². The van der Waals surface area contributed by atoms with Gasteiger partial charge in [-0.3, -0.25) is 4.79 Å². The number of thioether (sulfide) groups is 1. The van der Waals surface area contributed by atoms with Gasteiger partial charge in [-0.2, -0.15) is 0 Å². The van der Waals surface area contributed by atoms with Gasteiger partial charge in [0, 0.05) is 4.47 Å². The molecule has 37 heavy (non-hydrogen) atoms. The van der Waals surface area contributed by atoms with E-state index in [0.29, 0.717) is 28.2 Å². The van der Waals surface area contributed by atoms with Gasteiger partial charge in [0.15, 0.2) is 16.7 Å². The van der Waals surface area contributed by atoms with Gasteiger partial charge < -0.3 is 14.8 Å². The molecular formula is C30H25BrN2O3S. The molecule has 1 fully saturated rings. The van der Waals surface area contributed by atoms with Crippen molar-refractivity contribution in [3.8, 4) is 11.5 Å². The van der Waals surface area contributed by atoms with E-state index in [9.17, 15) is 4.79 Å². The lowest BCUT2D eigenvalue weighted by molar-refractivity contribution is -0.115. The van der Waals surface area contributed by atoms with Gasteiger partial charge in [-0.05, 0) is 95.0 Å². The monoisotopic (exact) mass is 572 g/mol. The normalized spacial score (nSPS) is 15.4. The maximum atomic E-state index is 12.6. The molecule has 5 rings (SSSR count). The number of carbonyl (C=O) groups is 1. The molecule has 5 nitrogen and oxygen atoms in total. The lowest BCUT2D eigenvalue weighted by atomic mass is 10.1. The summed E-state index contributed by atoms with van der Waals surface area (Å²) >= 11 is 4.89. The maximum absolute atomic E-state index is 12.6. The van der Waals surface area contributed by atoms with Gasteiger partial charge in [-0.15, -0.1) is 0 Å². The van der Waals surface area contributed by atoms with Gasteiger partial charge in [0.1, 0.15) is 6.61 Å². The summed E-state index contributed by atoms with van der Waals surface area (Å²) in [7, 11) is 1.61. The second kappa shape index (κ2) is 10.8. The Balaban J connectivity index is 1.31. The third-order valence-corrected chi connectivity index (χ3v) is 8.16. The number of amides is 1. The molecule has 186 valence electrons. The Morgan fingerprint density at radius 1 is 0.946 bits per heavy atom. The van der Waals surface area contributed by atoms with Crippen molar-refractivity contribution in [3.63, 3.8) is 0 Å². The minimum Gasteiger partial charge on any atom is -0.493 e. The van der Waals surface area contributed by atoms with E-state index in [0.717, 1.165) is 32.4 Å². The first-order chi connectivity index (χ1) is 17.9. The topological polar surface area (TPSA) is 59.9 Å². The molecule has 0 radical (unpaired) electrons. The zero-order chi connectivity index (χ0) is 25.9. The molecule has 0 aliphatic carbocycles. The first-order valence-electron chi connectivity index (χ1n) is 11.7. The van der Waals surface area contributed by atoms with Crippen molar-refractivity contribution in [2.75, 3.05) is 7.11 Å². The van der Waals surface area contributed by atoms with Gasteiger partial charge in [-0.1, -0.05) is 58.4 Å². The second-order valence-electron chi connectivity index (χ2n) is 8.76. The van der Waals surface area contributed by atoms with E-state index < -0.39 is 0 Å².